The van der Waals surface area contributed by atoms with Gasteiger partial charge in [0.2, 0.25) is 10.0 Å². The number of methoxy groups -OCH3 is 1. The Morgan fingerprint density at radius 2 is 2.16 bits per heavy atom. The summed E-state index contributed by atoms with van der Waals surface area (Å²) in [7, 11) is -2.55. The van der Waals surface area contributed by atoms with E-state index in [0.29, 0.717) is 0 Å². The third-order valence-corrected chi connectivity index (χ3v) is 4.08. The zero-order valence-electron chi connectivity index (χ0n) is 10.3. The molecule has 0 spiro atoms. The molecule has 1 N–H and O–H groups in total. The molecule has 0 saturated carbocycles. The quantitative estimate of drug-likeness (QED) is 0.635. The second-order valence-electron chi connectivity index (χ2n) is 3.77. The van der Waals surface area contributed by atoms with E-state index >= 15 is 0 Å². The van der Waals surface area contributed by atoms with Crippen LogP contribution in [-0.4, -0.2) is 33.1 Å². The van der Waals surface area contributed by atoms with Crippen LogP contribution in [0.2, 0.25) is 5.02 Å². The lowest BCUT2D eigenvalue weighted by atomic mass is 10.3. The summed E-state index contributed by atoms with van der Waals surface area (Å²) in [5.41, 5.74) is -0.565. The summed E-state index contributed by atoms with van der Waals surface area (Å²) in [4.78, 5) is 9.63. The molecule has 0 aliphatic heterocycles. The molecule has 1 rings (SSSR count). The highest BCUT2D eigenvalue weighted by atomic mass is 35.5. The van der Waals surface area contributed by atoms with Gasteiger partial charge in [0.05, 0.1) is 11.0 Å². The van der Waals surface area contributed by atoms with Crippen molar-refractivity contribution >= 4 is 27.3 Å². The van der Waals surface area contributed by atoms with E-state index in [9.17, 15) is 18.5 Å². The van der Waals surface area contributed by atoms with Crippen LogP contribution in [0.3, 0.4) is 0 Å². The highest BCUT2D eigenvalue weighted by Gasteiger charge is 2.26. The fourth-order valence-corrected chi connectivity index (χ4v) is 2.68. The van der Waals surface area contributed by atoms with Crippen LogP contribution in [-0.2, 0) is 14.8 Å². The van der Waals surface area contributed by atoms with E-state index in [2.05, 4.69) is 4.72 Å². The Hall–Kier alpha value is -1.22. The minimum Gasteiger partial charge on any atom is -0.380 e. The number of nitrogens with zero attached hydrogens (tertiary/aromatic N) is 1. The van der Waals surface area contributed by atoms with Gasteiger partial charge in [-0.3, -0.25) is 10.1 Å². The van der Waals surface area contributed by atoms with Gasteiger partial charge in [-0.05, 0) is 19.1 Å². The van der Waals surface area contributed by atoms with Crippen LogP contribution in [0, 0.1) is 10.1 Å². The highest BCUT2D eigenvalue weighted by Crippen LogP contribution is 2.26. The van der Waals surface area contributed by atoms with Gasteiger partial charge in [-0.1, -0.05) is 11.6 Å². The van der Waals surface area contributed by atoms with E-state index in [1.54, 1.807) is 6.92 Å². The number of nitro benzene ring substituents is 1. The number of benzene rings is 1. The van der Waals surface area contributed by atoms with Crippen molar-refractivity contribution in [1.29, 1.82) is 0 Å². The highest BCUT2D eigenvalue weighted by molar-refractivity contribution is 7.89. The van der Waals surface area contributed by atoms with Gasteiger partial charge < -0.3 is 4.74 Å². The maximum absolute atomic E-state index is 12.0. The second kappa shape index (κ2) is 6.29. The first-order valence-corrected chi connectivity index (χ1v) is 7.10. The number of hydrogen-bond donors (Lipinski definition) is 1. The Morgan fingerprint density at radius 1 is 1.53 bits per heavy atom. The van der Waals surface area contributed by atoms with E-state index in [1.165, 1.54) is 13.2 Å². The fraction of sp³-hybridized carbons (Fsp3) is 0.400. The van der Waals surface area contributed by atoms with Crippen LogP contribution in [0.25, 0.3) is 0 Å². The first-order chi connectivity index (χ1) is 8.77. The van der Waals surface area contributed by atoms with Gasteiger partial charge in [0, 0.05) is 24.7 Å². The molecule has 0 fully saturated rings. The third-order valence-electron chi connectivity index (χ3n) is 2.37. The molecular formula is C10H13ClN2O5S. The van der Waals surface area contributed by atoms with Gasteiger partial charge in [0.15, 0.2) is 4.90 Å². The molecule has 0 radical (unpaired) electrons. The molecule has 1 aromatic rings. The van der Waals surface area contributed by atoms with Crippen molar-refractivity contribution in [3.63, 3.8) is 0 Å². The Kier molecular flexibility index (Phi) is 5.24. The van der Waals surface area contributed by atoms with Crippen molar-refractivity contribution in [2.45, 2.75) is 17.9 Å². The lowest BCUT2D eigenvalue weighted by Crippen LogP contribution is -2.32. The van der Waals surface area contributed by atoms with Gasteiger partial charge >= 0.3 is 0 Å². The Balaban J connectivity index is 3.11. The molecular weight excluding hydrogens is 296 g/mol. The number of nitrogens with one attached hydrogen (secondary N) is 1. The number of sulfonamides is 1. The van der Waals surface area contributed by atoms with Crippen LogP contribution in [0.1, 0.15) is 6.92 Å². The first kappa shape index (κ1) is 15.8. The van der Waals surface area contributed by atoms with Crippen molar-refractivity contribution in [2.75, 3.05) is 13.7 Å². The molecule has 106 valence electrons. The maximum atomic E-state index is 12.0. The van der Waals surface area contributed by atoms with Crippen molar-refractivity contribution in [3.05, 3.63) is 33.3 Å². The monoisotopic (exact) mass is 308 g/mol. The Morgan fingerprint density at radius 3 is 2.68 bits per heavy atom. The summed E-state index contributed by atoms with van der Waals surface area (Å²) in [6.45, 7) is 1.68. The van der Waals surface area contributed by atoms with Gasteiger partial charge in [-0.2, -0.15) is 0 Å². The van der Waals surface area contributed by atoms with E-state index in [4.69, 9.17) is 16.3 Å². The molecule has 0 saturated heterocycles. The van der Waals surface area contributed by atoms with Crippen molar-refractivity contribution in [2.24, 2.45) is 0 Å². The van der Waals surface area contributed by atoms with Crippen molar-refractivity contribution in [3.8, 4) is 0 Å². The van der Waals surface area contributed by atoms with Crippen LogP contribution in [0.4, 0.5) is 5.69 Å². The standard InChI is InChI=1S/C10H13ClN2O5S/c1-7(18-2)6-12-19(16,17)10-4-3-8(11)5-9(10)13(14)15/h3-5,7,12H,6H2,1-2H3. The van der Waals surface area contributed by atoms with Gasteiger partial charge in [0.1, 0.15) is 0 Å². The second-order valence-corrected chi connectivity index (χ2v) is 5.94. The minimum atomic E-state index is -3.99. The average molecular weight is 309 g/mol. The minimum absolute atomic E-state index is 0.0125. The zero-order valence-corrected chi connectivity index (χ0v) is 11.9. The molecule has 9 heteroatoms. The number of rotatable bonds is 6. The smallest absolute Gasteiger partial charge is 0.290 e. The molecule has 7 nitrogen and oxygen atoms in total. The number of ether oxygens (including phenoxy) is 1. The van der Waals surface area contributed by atoms with E-state index in [-0.39, 0.29) is 17.7 Å². The van der Waals surface area contributed by atoms with Crippen LogP contribution >= 0.6 is 11.6 Å². The lowest BCUT2D eigenvalue weighted by molar-refractivity contribution is -0.387. The molecule has 0 aliphatic rings. The summed E-state index contributed by atoms with van der Waals surface area (Å²) in [5, 5.41) is 10.9. The summed E-state index contributed by atoms with van der Waals surface area (Å²) in [6, 6.07) is 3.37. The molecule has 19 heavy (non-hydrogen) atoms. The number of nitro groups is 1. The summed E-state index contributed by atoms with van der Waals surface area (Å²) >= 11 is 5.62. The molecule has 1 aromatic carbocycles. The van der Waals surface area contributed by atoms with Crippen LogP contribution in [0.15, 0.2) is 23.1 Å². The molecule has 1 atom stereocenters. The predicted octanol–water partition coefficient (Wildman–Crippen LogP) is 1.56. The maximum Gasteiger partial charge on any atom is 0.290 e. The Labute approximate surface area is 115 Å². The van der Waals surface area contributed by atoms with E-state index < -0.39 is 25.5 Å². The zero-order chi connectivity index (χ0) is 14.6. The summed E-state index contributed by atoms with van der Waals surface area (Å²) in [6.07, 6.45) is -0.346. The topological polar surface area (TPSA) is 98.5 Å². The van der Waals surface area contributed by atoms with Gasteiger partial charge in [-0.15, -0.1) is 0 Å². The molecule has 0 heterocycles. The molecule has 0 aromatic heterocycles. The molecule has 0 aliphatic carbocycles. The summed E-state index contributed by atoms with van der Waals surface area (Å²) in [5.74, 6) is 0. The van der Waals surface area contributed by atoms with Crippen molar-refractivity contribution in [1.82, 2.24) is 4.72 Å². The van der Waals surface area contributed by atoms with E-state index in [1.807, 2.05) is 0 Å². The molecule has 0 bridgehead atoms. The molecule has 1 unspecified atom stereocenters. The van der Waals surface area contributed by atoms with Crippen molar-refractivity contribution < 1.29 is 18.1 Å². The SMILES string of the molecule is COC(C)CNS(=O)(=O)c1ccc(Cl)cc1[N+](=O)[O-]. The normalized spacial score (nSPS) is 13.2. The van der Waals surface area contributed by atoms with Crippen LogP contribution in [0.5, 0.6) is 0 Å². The lowest BCUT2D eigenvalue weighted by Gasteiger charge is -2.11. The average Bonchev–Trinajstić information content (AvgIpc) is 2.35. The number of halogens is 1. The Bertz CT molecular complexity index is 575. The van der Waals surface area contributed by atoms with Crippen LogP contribution < -0.4 is 4.72 Å². The van der Waals surface area contributed by atoms with Gasteiger partial charge in [-0.25, -0.2) is 13.1 Å². The summed E-state index contributed by atoms with van der Waals surface area (Å²) < 4.78 is 31.1. The van der Waals surface area contributed by atoms with E-state index in [0.717, 1.165) is 12.1 Å². The largest absolute Gasteiger partial charge is 0.380 e. The third kappa shape index (κ3) is 4.13. The number of hydrogen-bond acceptors (Lipinski definition) is 5. The predicted molar refractivity (Wildman–Crippen MR) is 69.8 cm³/mol. The van der Waals surface area contributed by atoms with Gasteiger partial charge in [0.25, 0.3) is 5.69 Å². The molecule has 0 amide bonds. The fourth-order valence-electron chi connectivity index (χ4n) is 1.25. The first-order valence-electron chi connectivity index (χ1n) is 5.24.